The first kappa shape index (κ1) is 12.9. The first-order valence-electron chi connectivity index (χ1n) is 6.56. The molecule has 0 fully saturated rings. The summed E-state index contributed by atoms with van der Waals surface area (Å²) in [5.41, 5.74) is 1.24. The van der Waals surface area contributed by atoms with Gasteiger partial charge in [-0.25, -0.2) is 0 Å². The van der Waals surface area contributed by atoms with Gasteiger partial charge in [-0.05, 0) is 31.5 Å². The Morgan fingerprint density at radius 2 is 2.33 bits per heavy atom. The largest absolute Gasteiger partial charge is 0.469 e. The summed E-state index contributed by atoms with van der Waals surface area (Å²) in [6.45, 7) is 6.17. The monoisotopic (exact) mass is 247 g/mol. The van der Waals surface area contributed by atoms with Gasteiger partial charge in [0.15, 0.2) is 0 Å². The second-order valence-corrected chi connectivity index (χ2v) is 4.61. The highest BCUT2D eigenvalue weighted by molar-refractivity contribution is 5.02. The van der Waals surface area contributed by atoms with Crippen molar-refractivity contribution in [1.29, 1.82) is 0 Å². The third-order valence-corrected chi connectivity index (χ3v) is 2.96. The molecular weight excluding hydrogens is 226 g/mol. The predicted molar refractivity (Wildman–Crippen MR) is 71.2 cm³/mol. The first-order chi connectivity index (χ1) is 8.79. The van der Waals surface area contributed by atoms with E-state index in [0.29, 0.717) is 6.04 Å². The molecule has 0 aromatic carbocycles. The van der Waals surface area contributed by atoms with Gasteiger partial charge in [0.05, 0.1) is 12.0 Å². The van der Waals surface area contributed by atoms with Crippen LogP contribution in [-0.2, 0) is 19.5 Å². The quantitative estimate of drug-likeness (QED) is 0.818. The minimum Gasteiger partial charge on any atom is -0.469 e. The first-order valence-corrected chi connectivity index (χ1v) is 6.56. The second-order valence-electron chi connectivity index (χ2n) is 4.61. The van der Waals surface area contributed by atoms with Gasteiger partial charge < -0.3 is 9.73 Å². The molecule has 0 aliphatic rings. The number of hydrogen-bond acceptors (Lipinski definition) is 3. The highest BCUT2D eigenvalue weighted by Crippen LogP contribution is 2.05. The van der Waals surface area contributed by atoms with Gasteiger partial charge in [0.2, 0.25) is 0 Å². The standard InChI is InChI=1S/C14H21N3O/c1-3-8-17-13(6-7-16-17)11-15-12(2)10-14-5-4-9-18-14/h4-7,9,12,15H,3,8,10-11H2,1-2H3. The van der Waals surface area contributed by atoms with E-state index in [-0.39, 0.29) is 0 Å². The van der Waals surface area contributed by atoms with Gasteiger partial charge in [0.25, 0.3) is 0 Å². The molecule has 0 aliphatic heterocycles. The minimum absolute atomic E-state index is 0.390. The van der Waals surface area contributed by atoms with Crippen LogP contribution >= 0.6 is 0 Å². The maximum absolute atomic E-state index is 5.35. The van der Waals surface area contributed by atoms with Crippen LogP contribution in [0.1, 0.15) is 31.7 Å². The van der Waals surface area contributed by atoms with Gasteiger partial charge >= 0.3 is 0 Å². The molecule has 1 atom stereocenters. The van der Waals surface area contributed by atoms with Crippen molar-refractivity contribution in [3.8, 4) is 0 Å². The summed E-state index contributed by atoms with van der Waals surface area (Å²) in [6.07, 6.45) is 5.60. The molecule has 4 nitrogen and oxygen atoms in total. The van der Waals surface area contributed by atoms with Gasteiger partial charge in [-0.2, -0.15) is 5.10 Å². The number of aromatic nitrogens is 2. The van der Waals surface area contributed by atoms with E-state index in [0.717, 1.165) is 31.7 Å². The average Bonchev–Trinajstić information content (AvgIpc) is 2.99. The lowest BCUT2D eigenvalue weighted by molar-refractivity contribution is 0.448. The summed E-state index contributed by atoms with van der Waals surface area (Å²) >= 11 is 0. The van der Waals surface area contributed by atoms with Crippen LogP contribution in [-0.4, -0.2) is 15.8 Å². The summed E-state index contributed by atoms with van der Waals surface area (Å²) in [4.78, 5) is 0. The van der Waals surface area contributed by atoms with Crippen molar-refractivity contribution >= 4 is 0 Å². The van der Waals surface area contributed by atoms with E-state index >= 15 is 0 Å². The molecule has 0 amide bonds. The molecular formula is C14H21N3O. The number of rotatable bonds is 7. The van der Waals surface area contributed by atoms with E-state index in [9.17, 15) is 0 Å². The van der Waals surface area contributed by atoms with E-state index < -0.39 is 0 Å². The van der Waals surface area contributed by atoms with Gasteiger partial charge in [0, 0.05) is 31.7 Å². The molecule has 1 unspecified atom stereocenters. The van der Waals surface area contributed by atoms with Crippen molar-refractivity contribution < 1.29 is 4.42 Å². The Morgan fingerprint density at radius 1 is 1.44 bits per heavy atom. The third kappa shape index (κ3) is 3.47. The van der Waals surface area contributed by atoms with Crippen LogP contribution in [0.15, 0.2) is 35.1 Å². The Kier molecular flexibility index (Phi) is 4.59. The maximum atomic E-state index is 5.35. The van der Waals surface area contributed by atoms with Crippen LogP contribution in [0.5, 0.6) is 0 Å². The highest BCUT2D eigenvalue weighted by Gasteiger charge is 2.07. The molecule has 4 heteroatoms. The van der Waals surface area contributed by atoms with E-state index in [1.54, 1.807) is 6.26 Å². The molecule has 0 aliphatic carbocycles. The van der Waals surface area contributed by atoms with E-state index in [2.05, 4.69) is 35.0 Å². The van der Waals surface area contributed by atoms with Crippen LogP contribution in [0, 0.1) is 0 Å². The summed E-state index contributed by atoms with van der Waals surface area (Å²) in [6, 6.07) is 6.40. The van der Waals surface area contributed by atoms with E-state index in [1.165, 1.54) is 5.69 Å². The summed E-state index contributed by atoms with van der Waals surface area (Å²) in [5, 5.41) is 7.82. The van der Waals surface area contributed by atoms with Crippen molar-refractivity contribution in [2.24, 2.45) is 0 Å². The predicted octanol–water partition coefficient (Wildman–Crippen LogP) is 2.61. The minimum atomic E-state index is 0.390. The van der Waals surface area contributed by atoms with Gasteiger partial charge in [-0.3, -0.25) is 4.68 Å². The SMILES string of the molecule is CCCn1nccc1CNC(C)Cc1ccco1. The van der Waals surface area contributed by atoms with Crippen LogP contribution in [0.2, 0.25) is 0 Å². The maximum Gasteiger partial charge on any atom is 0.105 e. The molecule has 0 saturated carbocycles. The van der Waals surface area contributed by atoms with Gasteiger partial charge in [-0.15, -0.1) is 0 Å². The Morgan fingerprint density at radius 3 is 3.06 bits per heavy atom. The van der Waals surface area contributed by atoms with Gasteiger partial charge in [0.1, 0.15) is 5.76 Å². The Hall–Kier alpha value is -1.55. The molecule has 0 radical (unpaired) electrons. The number of furan rings is 1. The number of hydrogen-bond donors (Lipinski definition) is 1. The van der Waals surface area contributed by atoms with Crippen LogP contribution < -0.4 is 5.32 Å². The molecule has 2 aromatic heterocycles. The molecule has 0 spiro atoms. The average molecular weight is 247 g/mol. The lowest BCUT2D eigenvalue weighted by atomic mass is 10.2. The fourth-order valence-electron chi connectivity index (χ4n) is 2.00. The van der Waals surface area contributed by atoms with Crippen molar-refractivity contribution in [3.05, 3.63) is 42.1 Å². The van der Waals surface area contributed by atoms with Gasteiger partial charge in [-0.1, -0.05) is 6.92 Å². The molecule has 18 heavy (non-hydrogen) atoms. The molecule has 2 aromatic rings. The zero-order valence-electron chi connectivity index (χ0n) is 11.1. The molecule has 2 heterocycles. The lowest BCUT2D eigenvalue weighted by Crippen LogP contribution is -2.28. The highest BCUT2D eigenvalue weighted by atomic mass is 16.3. The smallest absolute Gasteiger partial charge is 0.105 e. The Balaban J connectivity index is 1.81. The number of nitrogens with zero attached hydrogens (tertiary/aromatic N) is 2. The fourth-order valence-corrected chi connectivity index (χ4v) is 2.00. The van der Waals surface area contributed by atoms with Crippen molar-refractivity contribution in [1.82, 2.24) is 15.1 Å². The van der Waals surface area contributed by atoms with Crippen LogP contribution in [0.4, 0.5) is 0 Å². The van der Waals surface area contributed by atoms with Crippen molar-refractivity contribution in [2.45, 2.75) is 45.8 Å². The lowest BCUT2D eigenvalue weighted by Gasteiger charge is -2.13. The Bertz CT molecular complexity index is 447. The molecule has 2 rings (SSSR count). The van der Waals surface area contributed by atoms with Crippen LogP contribution in [0.3, 0.4) is 0 Å². The van der Waals surface area contributed by atoms with Crippen molar-refractivity contribution in [2.75, 3.05) is 0 Å². The van der Waals surface area contributed by atoms with E-state index in [4.69, 9.17) is 4.42 Å². The summed E-state index contributed by atoms with van der Waals surface area (Å²) in [7, 11) is 0. The number of aryl methyl sites for hydroxylation is 1. The zero-order chi connectivity index (χ0) is 12.8. The zero-order valence-corrected chi connectivity index (χ0v) is 11.1. The fraction of sp³-hybridized carbons (Fsp3) is 0.500. The summed E-state index contributed by atoms with van der Waals surface area (Å²) in [5.74, 6) is 1.03. The normalized spacial score (nSPS) is 12.8. The second kappa shape index (κ2) is 6.40. The topological polar surface area (TPSA) is 43.0 Å². The Labute approximate surface area is 108 Å². The molecule has 0 bridgehead atoms. The molecule has 1 N–H and O–H groups in total. The van der Waals surface area contributed by atoms with E-state index in [1.807, 2.05) is 18.3 Å². The van der Waals surface area contributed by atoms with Crippen molar-refractivity contribution in [3.63, 3.8) is 0 Å². The van der Waals surface area contributed by atoms with Crippen LogP contribution in [0.25, 0.3) is 0 Å². The molecule has 0 saturated heterocycles. The number of nitrogens with one attached hydrogen (secondary N) is 1. The summed E-state index contributed by atoms with van der Waals surface area (Å²) < 4.78 is 7.41. The third-order valence-electron chi connectivity index (χ3n) is 2.96. The molecule has 98 valence electrons.